The maximum absolute atomic E-state index is 5.89. The molecule has 6 nitrogen and oxygen atoms in total. The Labute approximate surface area is 119 Å². The number of anilines is 1. The number of benzene rings is 1. The number of guanidine groups is 1. The first-order valence-electron chi connectivity index (χ1n) is 6.79. The number of para-hydroxylation sites is 2. The minimum Gasteiger partial charge on any atom is -0.495 e. The van der Waals surface area contributed by atoms with Gasteiger partial charge in [-0.2, -0.15) is 0 Å². The van der Waals surface area contributed by atoms with E-state index in [1.54, 1.807) is 7.11 Å². The van der Waals surface area contributed by atoms with Gasteiger partial charge in [0.05, 0.1) is 32.6 Å². The number of morpholine rings is 1. The number of nitrogens with one attached hydrogen (secondary N) is 1. The van der Waals surface area contributed by atoms with E-state index in [-0.39, 0.29) is 0 Å². The van der Waals surface area contributed by atoms with Crippen molar-refractivity contribution in [3.63, 3.8) is 0 Å². The highest BCUT2D eigenvalue weighted by Crippen LogP contribution is 2.22. The van der Waals surface area contributed by atoms with Crippen molar-refractivity contribution in [2.75, 3.05) is 51.8 Å². The number of nitrogens with two attached hydrogens (primary N) is 1. The summed E-state index contributed by atoms with van der Waals surface area (Å²) in [6, 6.07) is 7.62. The lowest BCUT2D eigenvalue weighted by Crippen LogP contribution is -2.38. The third kappa shape index (κ3) is 4.40. The Kier molecular flexibility index (Phi) is 5.64. The molecule has 0 radical (unpaired) electrons. The van der Waals surface area contributed by atoms with Crippen molar-refractivity contribution in [1.82, 2.24) is 4.90 Å². The predicted octanol–water partition coefficient (Wildman–Crippen LogP) is 0.754. The standard InChI is InChI=1S/C14H22N4O2/c1-19-13-5-3-2-4-12(13)17-14(15)16-6-7-18-8-10-20-11-9-18/h2-5H,6-11H2,1H3,(H3,15,16,17). The van der Waals surface area contributed by atoms with Crippen molar-refractivity contribution >= 4 is 11.6 Å². The van der Waals surface area contributed by atoms with Gasteiger partial charge in [-0.3, -0.25) is 9.89 Å². The van der Waals surface area contributed by atoms with E-state index in [1.807, 2.05) is 24.3 Å². The Bertz CT molecular complexity index is 445. The average Bonchev–Trinajstić information content (AvgIpc) is 2.49. The second-order valence-electron chi connectivity index (χ2n) is 4.55. The summed E-state index contributed by atoms with van der Waals surface area (Å²) in [4.78, 5) is 6.66. The topological polar surface area (TPSA) is 72.1 Å². The fraction of sp³-hybridized carbons (Fsp3) is 0.500. The smallest absolute Gasteiger partial charge is 0.193 e. The summed E-state index contributed by atoms with van der Waals surface area (Å²) in [6.45, 7) is 5.12. The molecular formula is C14H22N4O2. The van der Waals surface area contributed by atoms with Gasteiger partial charge in [-0.05, 0) is 12.1 Å². The monoisotopic (exact) mass is 278 g/mol. The zero-order valence-electron chi connectivity index (χ0n) is 11.8. The Balaban J connectivity index is 1.81. The first-order chi connectivity index (χ1) is 9.79. The van der Waals surface area contributed by atoms with Gasteiger partial charge in [0, 0.05) is 19.6 Å². The van der Waals surface area contributed by atoms with Crippen LogP contribution in [0.25, 0.3) is 0 Å². The second-order valence-corrected chi connectivity index (χ2v) is 4.55. The molecule has 0 aliphatic carbocycles. The molecule has 0 spiro atoms. The van der Waals surface area contributed by atoms with Crippen molar-refractivity contribution < 1.29 is 9.47 Å². The predicted molar refractivity (Wildman–Crippen MR) is 80.4 cm³/mol. The maximum Gasteiger partial charge on any atom is 0.193 e. The number of aliphatic imine (C=N–C) groups is 1. The maximum atomic E-state index is 5.89. The molecule has 0 aromatic heterocycles. The minimum absolute atomic E-state index is 0.405. The minimum atomic E-state index is 0.405. The van der Waals surface area contributed by atoms with Gasteiger partial charge in [-0.25, -0.2) is 0 Å². The van der Waals surface area contributed by atoms with Gasteiger partial charge in [0.1, 0.15) is 5.75 Å². The first-order valence-corrected chi connectivity index (χ1v) is 6.79. The zero-order valence-corrected chi connectivity index (χ0v) is 11.8. The molecule has 1 aliphatic heterocycles. The molecule has 0 saturated carbocycles. The molecule has 0 bridgehead atoms. The van der Waals surface area contributed by atoms with Crippen LogP contribution in [-0.4, -0.2) is 57.4 Å². The van der Waals surface area contributed by atoms with Gasteiger partial charge in [-0.1, -0.05) is 12.1 Å². The number of ether oxygens (including phenoxy) is 2. The first kappa shape index (κ1) is 14.6. The van der Waals surface area contributed by atoms with E-state index in [1.165, 1.54) is 0 Å². The molecule has 20 heavy (non-hydrogen) atoms. The van der Waals surface area contributed by atoms with Crippen LogP contribution in [0.4, 0.5) is 5.69 Å². The zero-order chi connectivity index (χ0) is 14.2. The molecule has 0 atom stereocenters. The van der Waals surface area contributed by atoms with Crippen LogP contribution in [0, 0.1) is 0 Å². The lowest BCUT2D eigenvalue weighted by molar-refractivity contribution is 0.0394. The Hall–Kier alpha value is -1.79. The van der Waals surface area contributed by atoms with Crippen molar-refractivity contribution in [3.05, 3.63) is 24.3 Å². The Morgan fingerprint density at radius 1 is 1.40 bits per heavy atom. The van der Waals surface area contributed by atoms with Gasteiger partial charge < -0.3 is 20.5 Å². The Morgan fingerprint density at radius 2 is 2.15 bits per heavy atom. The van der Waals surface area contributed by atoms with E-state index in [9.17, 15) is 0 Å². The summed E-state index contributed by atoms with van der Waals surface area (Å²) >= 11 is 0. The summed E-state index contributed by atoms with van der Waals surface area (Å²) in [7, 11) is 1.63. The average molecular weight is 278 g/mol. The van der Waals surface area contributed by atoms with Crippen molar-refractivity contribution in [1.29, 1.82) is 0 Å². The highest BCUT2D eigenvalue weighted by atomic mass is 16.5. The SMILES string of the molecule is COc1ccccc1NC(N)=NCCN1CCOCC1. The third-order valence-corrected chi connectivity index (χ3v) is 3.17. The molecule has 1 aromatic rings. The Morgan fingerprint density at radius 3 is 2.90 bits per heavy atom. The molecular weight excluding hydrogens is 256 g/mol. The van der Waals surface area contributed by atoms with E-state index in [0.29, 0.717) is 12.5 Å². The molecule has 0 unspecified atom stereocenters. The van der Waals surface area contributed by atoms with Crippen LogP contribution in [0.5, 0.6) is 5.75 Å². The second kappa shape index (κ2) is 7.72. The fourth-order valence-corrected chi connectivity index (χ4v) is 2.06. The lowest BCUT2D eigenvalue weighted by Gasteiger charge is -2.25. The van der Waals surface area contributed by atoms with E-state index in [0.717, 1.165) is 44.3 Å². The van der Waals surface area contributed by atoms with Gasteiger partial charge in [0.15, 0.2) is 5.96 Å². The van der Waals surface area contributed by atoms with E-state index < -0.39 is 0 Å². The number of nitrogens with zero attached hydrogens (tertiary/aromatic N) is 2. The van der Waals surface area contributed by atoms with Crippen molar-refractivity contribution in [3.8, 4) is 5.75 Å². The molecule has 3 N–H and O–H groups in total. The number of hydrogen-bond acceptors (Lipinski definition) is 4. The molecule has 110 valence electrons. The van der Waals surface area contributed by atoms with Crippen LogP contribution < -0.4 is 15.8 Å². The highest BCUT2D eigenvalue weighted by Gasteiger charge is 2.09. The third-order valence-electron chi connectivity index (χ3n) is 3.17. The molecule has 2 rings (SSSR count). The van der Waals surface area contributed by atoms with Crippen LogP contribution >= 0.6 is 0 Å². The van der Waals surface area contributed by atoms with E-state index in [4.69, 9.17) is 15.2 Å². The highest BCUT2D eigenvalue weighted by molar-refractivity contribution is 5.93. The fourth-order valence-electron chi connectivity index (χ4n) is 2.06. The number of methoxy groups -OCH3 is 1. The molecule has 1 aliphatic rings. The lowest BCUT2D eigenvalue weighted by atomic mass is 10.3. The summed E-state index contributed by atoms with van der Waals surface area (Å²) in [6.07, 6.45) is 0. The largest absolute Gasteiger partial charge is 0.495 e. The number of rotatable bonds is 5. The van der Waals surface area contributed by atoms with Gasteiger partial charge in [0.2, 0.25) is 0 Å². The van der Waals surface area contributed by atoms with E-state index in [2.05, 4.69) is 15.2 Å². The molecule has 0 amide bonds. The van der Waals surface area contributed by atoms with Gasteiger partial charge in [-0.15, -0.1) is 0 Å². The molecule has 1 saturated heterocycles. The van der Waals surface area contributed by atoms with Crippen LogP contribution in [0.15, 0.2) is 29.3 Å². The summed E-state index contributed by atoms with van der Waals surface area (Å²) in [5.41, 5.74) is 6.71. The summed E-state index contributed by atoms with van der Waals surface area (Å²) in [5.74, 6) is 1.15. The van der Waals surface area contributed by atoms with E-state index >= 15 is 0 Å². The van der Waals surface area contributed by atoms with Gasteiger partial charge in [0.25, 0.3) is 0 Å². The summed E-state index contributed by atoms with van der Waals surface area (Å²) < 4.78 is 10.6. The van der Waals surface area contributed by atoms with Gasteiger partial charge >= 0.3 is 0 Å². The number of hydrogen-bond donors (Lipinski definition) is 2. The molecule has 1 fully saturated rings. The van der Waals surface area contributed by atoms with Crippen molar-refractivity contribution in [2.45, 2.75) is 0 Å². The molecule has 1 heterocycles. The summed E-state index contributed by atoms with van der Waals surface area (Å²) in [5, 5.41) is 3.06. The normalized spacial score (nSPS) is 16.9. The van der Waals surface area contributed by atoms with Crippen molar-refractivity contribution in [2.24, 2.45) is 10.7 Å². The quantitative estimate of drug-likeness (QED) is 0.614. The van der Waals surface area contributed by atoms with Crippen LogP contribution in [-0.2, 0) is 4.74 Å². The molecule has 6 heteroatoms. The van der Waals surface area contributed by atoms with Crippen LogP contribution in [0.1, 0.15) is 0 Å². The molecule has 1 aromatic carbocycles. The van der Waals surface area contributed by atoms with Crippen LogP contribution in [0.2, 0.25) is 0 Å². The van der Waals surface area contributed by atoms with Crippen LogP contribution in [0.3, 0.4) is 0 Å².